The van der Waals surface area contributed by atoms with Crippen LogP contribution in [0.15, 0.2) is 4.99 Å². The largest absolute Gasteiger partial charge is 0.444 e. The first-order chi connectivity index (χ1) is 14.7. The predicted molar refractivity (Wildman–Crippen MR) is 121 cm³/mol. The molecular formula is C22H39N7O2. The fourth-order valence-corrected chi connectivity index (χ4v) is 3.82. The zero-order valence-electron chi connectivity index (χ0n) is 20.0. The maximum atomic E-state index is 12.9. The van der Waals surface area contributed by atoms with Crippen LogP contribution in [0.2, 0.25) is 0 Å². The van der Waals surface area contributed by atoms with E-state index in [1.165, 1.54) is 12.8 Å². The fourth-order valence-electron chi connectivity index (χ4n) is 3.82. The molecule has 1 aromatic heterocycles. The minimum Gasteiger partial charge on any atom is -0.444 e. The summed E-state index contributed by atoms with van der Waals surface area (Å²) in [6.07, 6.45) is 4.10. The summed E-state index contributed by atoms with van der Waals surface area (Å²) in [6.45, 7) is 13.6. The van der Waals surface area contributed by atoms with Crippen LogP contribution in [0, 0.1) is 12.8 Å². The quantitative estimate of drug-likeness (QED) is 0.548. The molecule has 9 heteroatoms. The van der Waals surface area contributed by atoms with Crippen molar-refractivity contribution in [3.05, 3.63) is 11.6 Å². The summed E-state index contributed by atoms with van der Waals surface area (Å²) in [4.78, 5) is 21.9. The maximum absolute atomic E-state index is 12.9. The van der Waals surface area contributed by atoms with E-state index in [1.54, 1.807) is 0 Å². The van der Waals surface area contributed by atoms with Gasteiger partial charge in [-0.15, -0.1) is 10.2 Å². The molecule has 1 amide bonds. The molecule has 0 spiro atoms. The summed E-state index contributed by atoms with van der Waals surface area (Å²) < 4.78 is 7.69. The molecular weight excluding hydrogens is 394 g/mol. The first-order valence-electron chi connectivity index (χ1n) is 11.6. The Bertz CT molecular complexity index is 771. The SMILES string of the molecule is CCNC(=NCc1nnc(C)n1C)N1CCC(N(CC2CC2)C(=O)OC(C)(C)C)CC1. The van der Waals surface area contributed by atoms with Gasteiger partial charge in [0.05, 0.1) is 0 Å². The van der Waals surface area contributed by atoms with Crippen molar-refractivity contribution in [1.82, 2.24) is 29.9 Å². The molecule has 2 fully saturated rings. The second-order valence-corrected chi connectivity index (χ2v) is 9.69. The van der Waals surface area contributed by atoms with Crippen molar-refractivity contribution < 1.29 is 9.53 Å². The second-order valence-electron chi connectivity index (χ2n) is 9.69. The van der Waals surface area contributed by atoms with Gasteiger partial charge < -0.3 is 24.4 Å². The van der Waals surface area contributed by atoms with Crippen LogP contribution in [0.5, 0.6) is 0 Å². The Kier molecular flexibility index (Phi) is 7.43. The van der Waals surface area contributed by atoms with E-state index in [4.69, 9.17) is 9.73 Å². The highest BCUT2D eigenvalue weighted by Gasteiger charge is 2.35. The number of aromatic nitrogens is 3. The lowest BCUT2D eigenvalue weighted by Crippen LogP contribution is -2.52. The van der Waals surface area contributed by atoms with E-state index in [2.05, 4.69) is 27.3 Å². The number of carbonyl (C=O) groups is 1. The van der Waals surface area contributed by atoms with Crippen LogP contribution >= 0.6 is 0 Å². The molecule has 0 radical (unpaired) electrons. The van der Waals surface area contributed by atoms with Gasteiger partial charge in [0.2, 0.25) is 0 Å². The summed E-state index contributed by atoms with van der Waals surface area (Å²) in [5, 5.41) is 11.7. The zero-order chi connectivity index (χ0) is 22.6. The molecule has 1 saturated carbocycles. The summed E-state index contributed by atoms with van der Waals surface area (Å²) in [6, 6.07) is 0.218. The zero-order valence-corrected chi connectivity index (χ0v) is 20.0. The van der Waals surface area contributed by atoms with Crippen LogP contribution in [0.25, 0.3) is 0 Å². The number of aryl methyl sites for hydroxylation is 1. The molecule has 3 rings (SSSR count). The number of ether oxygens (including phenoxy) is 1. The molecule has 31 heavy (non-hydrogen) atoms. The van der Waals surface area contributed by atoms with Crippen LogP contribution in [-0.2, 0) is 18.3 Å². The predicted octanol–water partition coefficient (Wildman–Crippen LogP) is 2.70. The third-order valence-corrected chi connectivity index (χ3v) is 5.87. The number of nitrogens with one attached hydrogen (secondary N) is 1. The summed E-state index contributed by atoms with van der Waals surface area (Å²) >= 11 is 0. The van der Waals surface area contributed by atoms with Crippen molar-refractivity contribution in [1.29, 1.82) is 0 Å². The molecule has 174 valence electrons. The molecule has 0 bridgehead atoms. The number of hydrogen-bond donors (Lipinski definition) is 1. The van der Waals surface area contributed by atoms with Crippen LogP contribution in [0.3, 0.4) is 0 Å². The van der Waals surface area contributed by atoms with Gasteiger partial charge in [0.1, 0.15) is 18.0 Å². The third kappa shape index (κ3) is 6.58. The number of hydrogen-bond acceptors (Lipinski definition) is 5. The highest BCUT2D eigenvalue weighted by Crippen LogP contribution is 2.32. The van der Waals surface area contributed by atoms with E-state index in [0.717, 1.165) is 56.6 Å². The molecule has 2 heterocycles. The van der Waals surface area contributed by atoms with Crippen molar-refractivity contribution in [2.75, 3.05) is 26.2 Å². The Morgan fingerprint density at radius 3 is 2.42 bits per heavy atom. The number of aliphatic imine (C=N–C) groups is 1. The number of amides is 1. The second kappa shape index (κ2) is 9.87. The Morgan fingerprint density at radius 1 is 1.23 bits per heavy atom. The third-order valence-electron chi connectivity index (χ3n) is 5.87. The van der Waals surface area contributed by atoms with Gasteiger partial charge in [-0.3, -0.25) is 0 Å². The molecule has 1 aromatic rings. The first kappa shape index (κ1) is 23.3. The highest BCUT2D eigenvalue weighted by atomic mass is 16.6. The molecule has 0 aromatic carbocycles. The van der Waals surface area contributed by atoms with Gasteiger partial charge in [-0.2, -0.15) is 0 Å². The number of guanidine groups is 1. The van der Waals surface area contributed by atoms with E-state index in [0.29, 0.717) is 12.5 Å². The van der Waals surface area contributed by atoms with Crippen molar-refractivity contribution in [2.45, 2.75) is 78.5 Å². The maximum Gasteiger partial charge on any atom is 0.410 e. The van der Waals surface area contributed by atoms with E-state index in [1.807, 2.05) is 44.2 Å². The molecule has 1 saturated heterocycles. The van der Waals surface area contributed by atoms with Crippen molar-refractivity contribution in [2.24, 2.45) is 18.0 Å². The van der Waals surface area contributed by atoms with Crippen molar-refractivity contribution in [3.63, 3.8) is 0 Å². The first-order valence-corrected chi connectivity index (χ1v) is 11.6. The molecule has 0 atom stereocenters. The number of rotatable bonds is 6. The lowest BCUT2D eigenvalue weighted by molar-refractivity contribution is 0.00928. The summed E-state index contributed by atoms with van der Waals surface area (Å²) in [7, 11) is 1.96. The normalized spacial score (nSPS) is 18.3. The molecule has 9 nitrogen and oxygen atoms in total. The van der Waals surface area contributed by atoms with Gasteiger partial charge in [0, 0.05) is 39.3 Å². The molecule has 1 aliphatic carbocycles. The monoisotopic (exact) mass is 433 g/mol. The minimum absolute atomic E-state index is 0.170. The Morgan fingerprint density at radius 2 is 1.90 bits per heavy atom. The van der Waals surface area contributed by atoms with Gasteiger partial charge >= 0.3 is 6.09 Å². The lowest BCUT2D eigenvalue weighted by Gasteiger charge is -2.40. The highest BCUT2D eigenvalue weighted by molar-refractivity contribution is 5.80. The Hall–Kier alpha value is -2.32. The molecule has 2 aliphatic rings. The topological polar surface area (TPSA) is 87.9 Å². The van der Waals surface area contributed by atoms with Crippen LogP contribution in [-0.4, -0.2) is 74.4 Å². The van der Waals surface area contributed by atoms with E-state index < -0.39 is 5.60 Å². The molecule has 1 aliphatic heterocycles. The Balaban J connectivity index is 1.62. The van der Waals surface area contributed by atoms with Gasteiger partial charge in [-0.05, 0) is 66.2 Å². The van der Waals surface area contributed by atoms with Crippen LogP contribution in [0.1, 0.15) is 65.0 Å². The Labute approximate surface area is 186 Å². The van der Waals surface area contributed by atoms with E-state index in [9.17, 15) is 4.79 Å². The number of piperidine rings is 1. The van der Waals surface area contributed by atoms with Gasteiger partial charge in [-0.1, -0.05) is 0 Å². The van der Waals surface area contributed by atoms with Gasteiger partial charge in [0.25, 0.3) is 0 Å². The summed E-state index contributed by atoms with van der Waals surface area (Å²) in [5.41, 5.74) is -0.470. The van der Waals surface area contributed by atoms with Gasteiger partial charge in [-0.25, -0.2) is 9.79 Å². The van der Waals surface area contributed by atoms with E-state index >= 15 is 0 Å². The molecule has 1 N–H and O–H groups in total. The van der Waals surface area contributed by atoms with Gasteiger partial charge in [0.15, 0.2) is 11.8 Å². The number of likely N-dealkylation sites (tertiary alicyclic amines) is 1. The number of carbonyl (C=O) groups excluding carboxylic acids is 1. The standard InChI is InChI=1S/C22H39N7O2/c1-7-23-20(24-14-19-26-25-16(2)27(19)6)28-12-10-18(11-13-28)29(15-17-8-9-17)21(30)31-22(3,4)5/h17-18H,7-15H2,1-6H3,(H,23,24). The van der Waals surface area contributed by atoms with Crippen LogP contribution < -0.4 is 5.32 Å². The van der Waals surface area contributed by atoms with Crippen molar-refractivity contribution in [3.8, 4) is 0 Å². The lowest BCUT2D eigenvalue weighted by atomic mass is 10.0. The van der Waals surface area contributed by atoms with E-state index in [-0.39, 0.29) is 12.1 Å². The average Bonchev–Trinajstić information content (AvgIpc) is 3.48. The minimum atomic E-state index is -0.470. The smallest absolute Gasteiger partial charge is 0.410 e. The fraction of sp³-hybridized carbons (Fsp3) is 0.818. The van der Waals surface area contributed by atoms with Crippen molar-refractivity contribution >= 4 is 12.1 Å². The molecule has 0 unspecified atom stereocenters. The summed E-state index contributed by atoms with van der Waals surface area (Å²) in [5.74, 6) is 3.27. The average molecular weight is 434 g/mol. The number of nitrogens with zero attached hydrogens (tertiary/aromatic N) is 6. The van der Waals surface area contributed by atoms with Crippen LogP contribution in [0.4, 0.5) is 4.79 Å².